The normalized spacial score (nSPS) is 10.9. The van der Waals surface area contributed by atoms with Crippen LogP contribution in [0.2, 0.25) is 5.02 Å². The smallest absolute Gasteiger partial charge is 0.274 e. The maximum Gasteiger partial charge on any atom is 0.274 e. The summed E-state index contributed by atoms with van der Waals surface area (Å²) in [5.41, 5.74) is 3.96. The van der Waals surface area contributed by atoms with Crippen LogP contribution in [0.25, 0.3) is 5.65 Å². The van der Waals surface area contributed by atoms with Gasteiger partial charge in [0.15, 0.2) is 0 Å². The Morgan fingerprint density at radius 1 is 1.17 bits per heavy atom. The first-order chi connectivity index (χ1) is 11.1. The molecule has 5 heteroatoms. The first-order valence-corrected chi connectivity index (χ1v) is 8.07. The van der Waals surface area contributed by atoms with Crippen LogP contribution < -0.4 is 5.32 Å². The second-order valence-corrected chi connectivity index (χ2v) is 5.74. The van der Waals surface area contributed by atoms with Crippen molar-refractivity contribution in [2.45, 2.75) is 26.7 Å². The number of carbonyl (C=O) groups is 1. The predicted octanol–water partition coefficient (Wildman–Crippen LogP) is 4.36. The Labute approximate surface area is 140 Å². The molecule has 3 rings (SSSR count). The second kappa shape index (κ2) is 6.42. The fourth-order valence-electron chi connectivity index (χ4n) is 2.69. The number of benzene rings is 1. The summed E-state index contributed by atoms with van der Waals surface area (Å²) in [6.45, 7) is 4.05. The van der Waals surface area contributed by atoms with Crippen LogP contribution in [-0.4, -0.2) is 15.3 Å². The fraction of sp³-hybridized carbons (Fsp3) is 0.222. The molecule has 4 nitrogen and oxygen atoms in total. The van der Waals surface area contributed by atoms with Gasteiger partial charge in [0, 0.05) is 11.9 Å². The number of aryl methyl sites for hydroxylation is 2. The first kappa shape index (κ1) is 15.6. The average molecular weight is 328 g/mol. The highest BCUT2D eigenvalue weighted by molar-refractivity contribution is 6.30. The SMILES string of the molecule is CCc1ccccc1NC(=O)c1c(CC)nc2ccc(Cl)cn12. The summed E-state index contributed by atoms with van der Waals surface area (Å²) in [5.74, 6) is -0.169. The van der Waals surface area contributed by atoms with Gasteiger partial charge >= 0.3 is 0 Å². The number of hydrogen-bond donors (Lipinski definition) is 1. The third-order valence-corrected chi connectivity index (χ3v) is 4.07. The molecule has 0 aliphatic heterocycles. The molecule has 0 unspecified atom stereocenters. The van der Waals surface area contributed by atoms with Crippen LogP contribution in [0.4, 0.5) is 5.69 Å². The third kappa shape index (κ3) is 2.94. The van der Waals surface area contributed by atoms with Gasteiger partial charge < -0.3 is 5.32 Å². The van der Waals surface area contributed by atoms with E-state index in [9.17, 15) is 4.79 Å². The maximum absolute atomic E-state index is 12.8. The van der Waals surface area contributed by atoms with E-state index in [0.29, 0.717) is 17.1 Å². The fourth-order valence-corrected chi connectivity index (χ4v) is 2.85. The predicted molar refractivity (Wildman–Crippen MR) is 93.4 cm³/mol. The molecule has 23 heavy (non-hydrogen) atoms. The van der Waals surface area contributed by atoms with Gasteiger partial charge in [-0.15, -0.1) is 0 Å². The molecule has 0 aliphatic carbocycles. The topological polar surface area (TPSA) is 46.4 Å². The Bertz CT molecular complexity index is 870. The van der Waals surface area contributed by atoms with Crippen molar-refractivity contribution in [1.29, 1.82) is 0 Å². The molecule has 0 fully saturated rings. The van der Waals surface area contributed by atoms with Crippen LogP contribution in [-0.2, 0) is 12.8 Å². The summed E-state index contributed by atoms with van der Waals surface area (Å²) in [7, 11) is 0. The Balaban J connectivity index is 2.05. The molecule has 0 aliphatic rings. The minimum atomic E-state index is -0.169. The monoisotopic (exact) mass is 327 g/mol. The maximum atomic E-state index is 12.8. The van der Waals surface area contributed by atoms with Crippen molar-refractivity contribution in [3.8, 4) is 0 Å². The van der Waals surface area contributed by atoms with Gasteiger partial charge in [-0.2, -0.15) is 0 Å². The molecule has 2 aromatic heterocycles. The molecule has 0 spiro atoms. The number of rotatable bonds is 4. The van der Waals surface area contributed by atoms with E-state index in [1.165, 1.54) is 0 Å². The van der Waals surface area contributed by atoms with E-state index >= 15 is 0 Å². The van der Waals surface area contributed by atoms with E-state index in [-0.39, 0.29) is 5.91 Å². The van der Waals surface area contributed by atoms with Crippen molar-refractivity contribution in [3.63, 3.8) is 0 Å². The number of fused-ring (bicyclic) bond motifs is 1. The zero-order valence-electron chi connectivity index (χ0n) is 13.1. The molecule has 0 saturated heterocycles. The van der Waals surface area contributed by atoms with E-state index < -0.39 is 0 Å². The van der Waals surface area contributed by atoms with Crippen molar-refractivity contribution in [1.82, 2.24) is 9.38 Å². The molecule has 0 saturated carbocycles. The minimum absolute atomic E-state index is 0.169. The largest absolute Gasteiger partial charge is 0.320 e. The number of para-hydroxylation sites is 1. The number of carbonyl (C=O) groups excluding carboxylic acids is 1. The quantitative estimate of drug-likeness (QED) is 0.773. The van der Waals surface area contributed by atoms with Crippen molar-refractivity contribution in [3.05, 3.63) is 64.6 Å². The number of amides is 1. The van der Waals surface area contributed by atoms with Crippen LogP contribution >= 0.6 is 11.6 Å². The third-order valence-electron chi connectivity index (χ3n) is 3.85. The van der Waals surface area contributed by atoms with Crippen LogP contribution in [0.1, 0.15) is 35.6 Å². The van der Waals surface area contributed by atoms with Gasteiger partial charge in [0.1, 0.15) is 11.3 Å². The van der Waals surface area contributed by atoms with Gasteiger partial charge in [-0.25, -0.2) is 4.98 Å². The zero-order chi connectivity index (χ0) is 16.4. The number of aromatic nitrogens is 2. The number of hydrogen-bond acceptors (Lipinski definition) is 2. The van der Waals surface area contributed by atoms with Gasteiger partial charge in [0.05, 0.1) is 10.7 Å². The molecule has 1 amide bonds. The molecule has 0 atom stereocenters. The van der Waals surface area contributed by atoms with Crippen LogP contribution in [0, 0.1) is 0 Å². The molecule has 3 aromatic rings. The van der Waals surface area contributed by atoms with E-state index in [0.717, 1.165) is 29.0 Å². The summed E-state index contributed by atoms with van der Waals surface area (Å²) < 4.78 is 1.76. The highest BCUT2D eigenvalue weighted by Gasteiger charge is 2.19. The zero-order valence-corrected chi connectivity index (χ0v) is 13.9. The van der Waals surface area contributed by atoms with E-state index in [2.05, 4.69) is 17.2 Å². The van der Waals surface area contributed by atoms with Crippen LogP contribution in [0.15, 0.2) is 42.6 Å². The molecule has 1 aromatic carbocycles. The van der Waals surface area contributed by atoms with Crippen molar-refractivity contribution in [2.24, 2.45) is 0 Å². The van der Waals surface area contributed by atoms with E-state index in [4.69, 9.17) is 11.6 Å². The van der Waals surface area contributed by atoms with Crippen LogP contribution in [0.5, 0.6) is 0 Å². The van der Waals surface area contributed by atoms with Crippen molar-refractivity contribution < 1.29 is 4.79 Å². The molecule has 118 valence electrons. The minimum Gasteiger partial charge on any atom is -0.320 e. The number of anilines is 1. The molecular weight excluding hydrogens is 310 g/mol. The van der Waals surface area contributed by atoms with E-state index in [1.54, 1.807) is 16.7 Å². The van der Waals surface area contributed by atoms with Crippen molar-refractivity contribution >= 4 is 28.8 Å². The molecule has 0 bridgehead atoms. The van der Waals surface area contributed by atoms with Gasteiger partial charge in [-0.3, -0.25) is 9.20 Å². The van der Waals surface area contributed by atoms with Gasteiger partial charge in [-0.1, -0.05) is 43.6 Å². The van der Waals surface area contributed by atoms with Crippen LogP contribution in [0.3, 0.4) is 0 Å². The summed E-state index contributed by atoms with van der Waals surface area (Å²) in [6.07, 6.45) is 3.26. The molecular formula is C18H18ClN3O. The van der Waals surface area contributed by atoms with Gasteiger partial charge in [0.2, 0.25) is 0 Å². The lowest BCUT2D eigenvalue weighted by molar-refractivity contribution is 0.102. The van der Waals surface area contributed by atoms with Gasteiger partial charge in [0.25, 0.3) is 5.91 Å². The van der Waals surface area contributed by atoms with Crippen molar-refractivity contribution in [2.75, 3.05) is 5.32 Å². The number of imidazole rings is 1. The summed E-state index contributed by atoms with van der Waals surface area (Å²) >= 11 is 6.08. The Hall–Kier alpha value is -2.33. The second-order valence-electron chi connectivity index (χ2n) is 5.30. The highest BCUT2D eigenvalue weighted by Crippen LogP contribution is 2.21. The first-order valence-electron chi connectivity index (χ1n) is 7.69. The standard InChI is InChI=1S/C18H18ClN3O/c1-3-12-7-5-6-8-15(12)21-18(23)17-14(4-2)20-16-10-9-13(19)11-22(16)17/h5-11H,3-4H2,1-2H3,(H,21,23). The summed E-state index contributed by atoms with van der Waals surface area (Å²) in [6, 6.07) is 11.4. The number of nitrogens with one attached hydrogen (secondary N) is 1. The highest BCUT2D eigenvalue weighted by atomic mass is 35.5. The summed E-state index contributed by atoms with van der Waals surface area (Å²) in [5, 5.41) is 3.58. The Morgan fingerprint density at radius 2 is 1.96 bits per heavy atom. The van der Waals surface area contributed by atoms with E-state index in [1.807, 2.05) is 37.3 Å². The lowest BCUT2D eigenvalue weighted by Gasteiger charge is -2.10. The summed E-state index contributed by atoms with van der Waals surface area (Å²) in [4.78, 5) is 17.4. The Kier molecular flexibility index (Phi) is 4.35. The number of halogens is 1. The number of pyridine rings is 1. The average Bonchev–Trinajstić information content (AvgIpc) is 2.93. The lowest BCUT2D eigenvalue weighted by Crippen LogP contribution is -2.17. The van der Waals surface area contributed by atoms with Gasteiger partial charge in [-0.05, 0) is 36.6 Å². The molecule has 1 N–H and O–H groups in total. The lowest BCUT2D eigenvalue weighted by atomic mass is 10.1. The molecule has 2 heterocycles. The number of nitrogens with zero attached hydrogens (tertiary/aromatic N) is 2. The molecule has 0 radical (unpaired) electrons. The Morgan fingerprint density at radius 3 is 2.70 bits per heavy atom.